The highest BCUT2D eigenvalue weighted by atomic mass is 16.5. The average Bonchev–Trinajstić information content (AvgIpc) is 2.95. The lowest BCUT2D eigenvalue weighted by Crippen LogP contribution is -2.25. The lowest BCUT2D eigenvalue weighted by molar-refractivity contribution is 0.197. The monoisotopic (exact) mass is 340 g/mol. The Bertz CT molecular complexity index is 639. The van der Waals surface area contributed by atoms with Crippen molar-refractivity contribution in [2.45, 2.75) is 32.1 Å². The minimum Gasteiger partial charge on any atom is -0.385 e. The van der Waals surface area contributed by atoms with Crippen molar-refractivity contribution >= 4 is 11.8 Å². The van der Waals surface area contributed by atoms with Crippen LogP contribution < -0.4 is 10.2 Å². The molecule has 1 fully saturated rings. The number of hydrogen-bond donors (Lipinski definition) is 1. The van der Waals surface area contributed by atoms with E-state index in [1.807, 2.05) is 6.07 Å². The first-order valence-electron chi connectivity index (χ1n) is 9.29. The molecule has 2 heterocycles. The third-order valence-corrected chi connectivity index (χ3v) is 4.52. The molecule has 1 N–H and O–H groups in total. The number of benzene rings is 1. The standard InChI is InChI=1S/C20H28N4O/c1-25-15-9-12-21-20-22-18(17-10-5-4-6-11-17)16-19(23-20)24-13-7-2-3-8-14-24/h4-6,10-11,16H,2-3,7-9,12-15H2,1H3,(H,21,22,23). The molecule has 0 unspecified atom stereocenters. The third-order valence-electron chi connectivity index (χ3n) is 4.52. The molecule has 134 valence electrons. The Hall–Kier alpha value is -2.14. The normalized spacial score (nSPS) is 15.0. The Kier molecular flexibility index (Phi) is 6.63. The molecule has 1 aromatic heterocycles. The molecule has 0 aliphatic carbocycles. The van der Waals surface area contributed by atoms with Gasteiger partial charge in [-0.05, 0) is 19.3 Å². The molecule has 0 bridgehead atoms. The SMILES string of the molecule is COCCCNc1nc(-c2ccccc2)cc(N2CCCCCC2)n1. The second-order valence-electron chi connectivity index (χ2n) is 6.48. The molecule has 0 atom stereocenters. The van der Waals surface area contributed by atoms with Gasteiger partial charge in [-0.1, -0.05) is 43.2 Å². The molecule has 1 aromatic carbocycles. The number of nitrogens with zero attached hydrogens (tertiary/aromatic N) is 3. The van der Waals surface area contributed by atoms with Gasteiger partial charge in [0.2, 0.25) is 5.95 Å². The summed E-state index contributed by atoms with van der Waals surface area (Å²) in [5.41, 5.74) is 2.10. The maximum absolute atomic E-state index is 5.12. The molecule has 5 heteroatoms. The van der Waals surface area contributed by atoms with Crippen LogP contribution in [0.3, 0.4) is 0 Å². The topological polar surface area (TPSA) is 50.3 Å². The Morgan fingerprint density at radius 2 is 1.80 bits per heavy atom. The van der Waals surface area contributed by atoms with Crippen LogP contribution in [0.25, 0.3) is 11.3 Å². The Morgan fingerprint density at radius 3 is 2.52 bits per heavy atom. The van der Waals surface area contributed by atoms with Gasteiger partial charge in [0.1, 0.15) is 5.82 Å². The zero-order valence-electron chi connectivity index (χ0n) is 15.1. The minimum absolute atomic E-state index is 0.705. The zero-order valence-corrected chi connectivity index (χ0v) is 15.1. The quantitative estimate of drug-likeness (QED) is 0.773. The van der Waals surface area contributed by atoms with E-state index in [1.54, 1.807) is 7.11 Å². The van der Waals surface area contributed by atoms with Gasteiger partial charge in [-0.25, -0.2) is 4.98 Å². The fourth-order valence-electron chi connectivity index (χ4n) is 3.15. The van der Waals surface area contributed by atoms with E-state index < -0.39 is 0 Å². The third kappa shape index (κ3) is 5.16. The van der Waals surface area contributed by atoms with Crippen LogP contribution in [0.4, 0.5) is 11.8 Å². The highest BCUT2D eigenvalue weighted by molar-refractivity contribution is 5.64. The molecular formula is C20H28N4O. The van der Waals surface area contributed by atoms with E-state index in [0.717, 1.165) is 49.7 Å². The molecule has 1 aliphatic rings. The van der Waals surface area contributed by atoms with Gasteiger partial charge in [0, 0.05) is 45.0 Å². The van der Waals surface area contributed by atoms with Crippen LogP contribution in [0.2, 0.25) is 0 Å². The molecule has 0 spiro atoms. The number of rotatable bonds is 7. The second-order valence-corrected chi connectivity index (χ2v) is 6.48. The number of anilines is 2. The molecule has 0 amide bonds. The summed E-state index contributed by atoms with van der Waals surface area (Å²) in [5, 5.41) is 3.36. The lowest BCUT2D eigenvalue weighted by atomic mass is 10.1. The highest BCUT2D eigenvalue weighted by Gasteiger charge is 2.14. The summed E-state index contributed by atoms with van der Waals surface area (Å²) in [6.45, 7) is 3.71. The Balaban J connectivity index is 1.84. The van der Waals surface area contributed by atoms with Gasteiger partial charge in [-0.2, -0.15) is 4.98 Å². The maximum Gasteiger partial charge on any atom is 0.225 e. The Morgan fingerprint density at radius 1 is 1.04 bits per heavy atom. The van der Waals surface area contributed by atoms with Gasteiger partial charge in [0.15, 0.2) is 0 Å². The molecule has 0 saturated carbocycles. The van der Waals surface area contributed by atoms with Gasteiger partial charge in [-0.15, -0.1) is 0 Å². The summed E-state index contributed by atoms with van der Waals surface area (Å²) in [4.78, 5) is 11.9. The summed E-state index contributed by atoms with van der Waals surface area (Å²) in [6.07, 6.45) is 6.04. The van der Waals surface area contributed by atoms with Crippen LogP contribution in [-0.4, -0.2) is 43.3 Å². The van der Waals surface area contributed by atoms with Crippen molar-refractivity contribution in [1.82, 2.24) is 9.97 Å². The van der Waals surface area contributed by atoms with E-state index >= 15 is 0 Å². The first kappa shape index (κ1) is 17.7. The van der Waals surface area contributed by atoms with Crippen LogP contribution >= 0.6 is 0 Å². The van der Waals surface area contributed by atoms with Crippen LogP contribution in [0.1, 0.15) is 32.1 Å². The first-order chi connectivity index (χ1) is 12.4. The number of methoxy groups -OCH3 is 1. The molecule has 2 aromatic rings. The summed E-state index contributed by atoms with van der Waals surface area (Å²) in [5.74, 6) is 1.74. The number of aromatic nitrogens is 2. The smallest absolute Gasteiger partial charge is 0.225 e. The fourth-order valence-corrected chi connectivity index (χ4v) is 3.15. The largest absolute Gasteiger partial charge is 0.385 e. The predicted octanol–water partition coefficient (Wildman–Crippen LogP) is 3.97. The highest BCUT2D eigenvalue weighted by Crippen LogP contribution is 2.25. The van der Waals surface area contributed by atoms with Crippen molar-refractivity contribution in [3.63, 3.8) is 0 Å². The molecule has 25 heavy (non-hydrogen) atoms. The van der Waals surface area contributed by atoms with E-state index in [-0.39, 0.29) is 0 Å². The predicted molar refractivity (Wildman–Crippen MR) is 103 cm³/mol. The van der Waals surface area contributed by atoms with E-state index in [0.29, 0.717) is 5.95 Å². The molecule has 1 aliphatic heterocycles. The second kappa shape index (κ2) is 9.37. The molecule has 5 nitrogen and oxygen atoms in total. The van der Waals surface area contributed by atoms with Crippen LogP contribution in [0.15, 0.2) is 36.4 Å². The van der Waals surface area contributed by atoms with Gasteiger partial charge in [-0.3, -0.25) is 0 Å². The van der Waals surface area contributed by atoms with Crippen molar-refractivity contribution in [3.05, 3.63) is 36.4 Å². The molecular weight excluding hydrogens is 312 g/mol. The summed E-state index contributed by atoms with van der Waals surface area (Å²) < 4.78 is 5.12. The zero-order chi connectivity index (χ0) is 17.3. The van der Waals surface area contributed by atoms with E-state index in [2.05, 4.69) is 40.5 Å². The molecule has 3 rings (SSSR count). The van der Waals surface area contributed by atoms with Crippen molar-refractivity contribution in [2.24, 2.45) is 0 Å². The lowest BCUT2D eigenvalue weighted by Gasteiger charge is -2.22. The maximum atomic E-state index is 5.12. The van der Waals surface area contributed by atoms with Crippen LogP contribution in [0.5, 0.6) is 0 Å². The van der Waals surface area contributed by atoms with E-state index in [4.69, 9.17) is 14.7 Å². The first-order valence-corrected chi connectivity index (χ1v) is 9.29. The van der Waals surface area contributed by atoms with Gasteiger partial charge < -0.3 is 15.0 Å². The molecule has 0 radical (unpaired) electrons. The van der Waals surface area contributed by atoms with E-state index in [9.17, 15) is 0 Å². The van der Waals surface area contributed by atoms with Crippen molar-refractivity contribution in [2.75, 3.05) is 43.6 Å². The number of nitrogens with one attached hydrogen (secondary N) is 1. The van der Waals surface area contributed by atoms with Crippen molar-refractivity contribution in [1.29, 1.82) is 0 Å². The number of ether oxygens (including phenoxy) is 1. The minimum atomic E-state index is 0.705. The van der Waals surface area contributed by atoms with Crippen molar-refractivity contribution < 1.29 is 4.74 Å². The Labute approximate surface area is 150 Å². The summed E-state index contributed by atoms with van der Waals surface area (Å²) in [7, 11) is 1.73. The van der Waals surface area contributed by atoms with E-state index in [1.165, 1.54) is 25.7 Å². The van der Waals surface area contributed by atoms with Gasteiger partial charge >= 0.3 is 0 Å². The van der Waals surface area contributed by atoms with Gasteiger partial charge in [0.25, 0.3) is 0 Å². The van der Waals surface area contributed by atoms with Crippen molar-refractivity contribution in [3.8, 4) is 11.3 Å². The van der Waals surface area contributed by atoms with Crippen LogP contribution in [-0.2, 0) is 4.74 Å². The fraction of sp³-hybridized carbons (Fsp3) is 0.500. The van der Waals surface area contributed by atoms with Crippen LogP contribution in [0, 0.1) is 0 Å². The summed E-state index contributed by atoms with van der Waals surface area (Å²) in [6, 6.07) is 12.5. The average molecular weight is 340 g/mol. The van der Waals surface area contributed by atoms with Gasteiger partial charge in [0.05, 0.1) is 5.69 Å². The molecule has 1 saturated heterocycles. The number of hydrogen-bond acceptors (Lipinski definition) is 5. The summed E-state index contributed by atoms with van der Waals surface area (Å²) >= 11 is 0.